The quantitative estimate of drug-likeness (QED) is 0.838. The molecule has 1 aromatic rings. The first-order valence-corrected chi connectivity index (χ1v) is 9.36. The Hall–Kier alpha value is -1.44. The van der Waals surface area contributed by atoms with E-state index in [9.17, 15) is 13.2 Å². The van der Waals surface area contributed by atoms with Crippen LogP contribution in [-0.2, 0) is 19.6 Å². The highest BCUT2D eigenvalue weighted by atomic mass is 32.2. The third-order valence-electron chi connectivity index (χ3n) is 4.44. The Morgan fingerprint density at radius 1 is 1.26 bits per heavy atom. The van der Waals surface area contributed by atoms with Crippen molar-refractivity contribution in [2.24, 2.45) is 0 Å². The Bertz CT molecular complexity index is 717. The fourth-order valence-electron chi connectivity index (χ4n) is 3.21. The molecule has 3 rings (SSSR count). The maximum absolute atomic E-state index is 12.9. The van der Waals surface area contributed by atoms with E-state index in [2.05, 4.69) is 0 Å². The van der Waals surface area contributed by atoms with Crippen molar-refractivity contribution >= 4 is 21.6 Å². The van der Waals surface area contributed by atoms with E-state index in [1.165, 1.54) is 4.31 Å². The highest BCUT2D eigenvalue weighted by Gasteiger charge is 2.33. The van der Waals surface area contributed by atoms with Gasteiger partial charge in [-0.2, -0.15) is 4.31 Å². The molecule has 2 aliphatic heterocycles. The molecule has 1 amide bonds. The predicted molar refractivity (Wildman–Crippen MR) is 86.9 cm³/mol. The number of aryl methyl sites for hydroxylation is 1. The number of rotatable bonds is 3. The van der Waals surface area contributed by atoms with Gasteiger partial charge in [0, 0.05) is 31.2 Å². The number of carbonyl (C=O) groups is 1. The largest absolute Gasteiger partial charge is 0.378 e. The summed E-state index contributed by atoms with van der Waals surface area (Å²) in [7, 11) is -3.55. The Morgan fingerprint density at radius 3 is 2.65 bits per heavy atom. The van der Waals surface area contributed by atoms with Gasteiger partial charge in [-0.1, -0.05) is 0 Å². The van der Waals surface area contributed by atoms with Crippen LogP contribution in [0.15, 0.2) is 23.1 Å². The summed E-state index contributed by atoms with van der Waals surface area (Å²) in [6, 6.07) is 4.97. The Morgan fingerprint density at radius 2 is 2.04 bits per heavy atom. The lowest BCUT2D eigenvalue weighted by Gasteiger charge is -2.32. The van der Waals surface area contributed by atoms with Gasteiger partial charge in [0.15, 0.2) is 0 Å². The molecule has 0 saturated carbocycles. The van der Waals surface area contributed by atoms with Gasteiger partial charge in [0.25, 0.3) is 0 Å². The number of anilines is 1. The SMILES string of the molecule is Cc1cc(N2CCCC2=O)ccc1S(=O)(=O)N1CCOC[C@@H]1C. The number of morpholine rings is 1. The molecule has 0 spiro atoms. The molecule has 0 N–H and O–H groups in total. The summed E-state index contributed by atoms with van der Waals surface area (Å²) in [5, 5.41) is 0. The lowest BCUT2D eigenvalue weighted by atomic mass is 10.2. The maximum atomic E-state index is 12.9. The highest BCUT2D eigenvalue weighted by Crippen LogP contribution is 2.28. The molecule has 7 heteroatoms. The zero-order valence-electron chi connectivity index (χ0n) is 13.5. The molecule has 126 valence electrons. The van der Waals surface area contributed by atoms with Crippen LogP contribution < -0.4 is 4.90 Å². The molecule has 1 atom stereocenters. The summed E-state index contributed by atoms with van der Waals surface area (Å²) >= 11 is 0. The van der Waals surface area contributed by atoms with Crippen LogP contribution in [0.25, 0.3) is 0 Å². The van der Waals surface area contributed by atoms with Gasteiger partial charge in [0.1, 0.15) is 0 Å². The molecule has 2 saturated heterocycles. The number of nitrogens with zero attached hydrogens (tertiary/aromatic N) is 2. The number of carbonyl (C=O) groups excluding carboxylic acids is 1. The van der Waals surface area contributed by atoms with Crippen molar-refractivity contribution in [2.45, 2.75) is 37.6 Å². The van der Waals surface area contributed by atoms with Crippen molar-refractivity contribution in [3.05, 3.63) is 23.8 Å². The first kappa shape index (κ1) is 16.4. The van der Waals surface area contributed by atoms with Crippen molar-refractivity contribution < 1.29 is 17.9 Å². The molecular formula is C16H22N2O4S. The van der Waals surface area contributed by atoms with Crippen LogP contribution in [0.3, 0.4) is 0 Å². The van der Waals surface area contributed by atoms with Gasteiger partial charge in [0.2, 0.25) is 15.9 Å². The van der Waals surface area contributed by atoms with E-state index < -0.39 is 10.0 Å². The third kappa shape index (κ3) is 3.00. The van der Waals surface area contributed by atoms with E-state index in [0.29, 0.717) is 43.2 Å². The fourth-order valence-corrected chi connectivity index (χ4v) is 5.02. The summed E-state index contributed by atoms with van der Waals surface area (Å²) in [4.78, 5) is 13.9. The zero-order valence-corrected chi connectivity index (χ0v) is 14.3. The second kappa shape index (κ2) is 6.22. The van der Waals surface area contributed by atoms with Gasteiger partial charge < -0.3 is 9.64 Å². The van der Waals surface area contributed by atoms with Crippen molar-refractivity contribution in [3.63, 3.8) is 0 Å². The van der Waals surface area contributed by atoms with E-state index in [1.54, 1.807) is 30.0 Å². The summed E-state index contributed by atoms with van der Waals surface area (Å²) in [5.41, 5.74) is 1.44. The van der Waals surface area contributed by atoms with Gasteiger partial charge in [-0.3, -0.25) is 4.79 Å². The first-order valence-electron chi connectivity index (χ1n) is 7.92. The molecular weight excluding hydrogens is 316 g/mol. The van der Waals surface area contributed by atoms with E-state index in [1.807, 2.05) is 6.92 Å². The van der Waals surface area contributed by atoms with E-state index in [-0.39, 0.29) is 11.9 Å². The third-order valence-corrected chi connectivity index (χ3v) is 6.61. The lowest BCUT2D eigenvalue weighted by Crippen LogP contribution is -2.47. The van der Waals surface area contributed by atoms with Gasteiger partial charge in [-0.05, 0) is 44.0 Å². The molecule has 0 radical (unpaired) electrons. The van der Waals surface area contributed by atoms with E-state index in [0.717, 1.165) is 12.1 Å². The summed E-state index contributed by atoms with van der Waals surface area (Å²) < 4.78 is 32.6. The Kier molecular flexibility index (Phi) is 4.44. The number of ether oxygens (including phenoxy) is 1. The minimum Gasteiger partial charge on any atom is -0.378 e. The number of amides is 1. The predicted octanol–water partition coefficient (Wildman–Crippen LogP) is 1.53. The van der Waals surface area contributed by atoms with Gasteiger partial charge in [-0.25, -0.2) is 8.42 Å². The van der Waals surface area contributed by atoms with Gasteiger partial charge >= 0.3 is 0 Å². The first-order chi connectivity index (χ1) is 10.9. The minimum atomic E-state index is -3.55. The van der Waals surface area contributed by atoms with Crippen LogP contribution in [0.1, 0.15) is 25.3 Å². The van der Waals surface area contributed by atoms with E-state index in [4.69, 9.17) is 4.74 Å². The molecule has 0 bridgehead atoms. The van der Waals surface area contributed by atoms with Crippen molar-refractivity contribution in [1.82, 2.24) is 4.31 Å². The smallest absolute Gasteiger partial charge is 0.243 e. The standard InChI is InChI=1S/C16H22N2O4S/c1-12-10-14(17-7-3-4-16(17)19)5-6-15(12)23(20,21)18-8-9-22-11-13(18)2/h5-6,10,13H,3-4,7-9,11H2,1-2H3/t13-/m0/s1. The molecule has 1 aromatic carbocycles. The van der Waals surface area contributed by atoms with Crippen molar-refractivity contribution in [3.8, 4) is 0 Å². The fraction of sp³-hybridized carbons (Fsp3) is 0.562. The van der Waals surface area contributed by atoms with Gasteiger partial charge in [-0.15, -0.1) is 0 Å². The Labute approximate surface area is 137 Å². The highest BCUT2D eigenvalue weighted by molar-refractivity contribution is 7.89. The van der Waals surface area contributed by atoms with Crippen LogP contribution in [0.4, 0.5) is 5.69 Å². The minimum absolute atomic E-state index is 0.0989. The average Bonchev–Trinajstić information content (AvgIpc) is 2.93. The molecule has 2 heterocycles. The maximum Gasteiger partial charge on any atom is 0.243 e. The van der Waals surface area contributed by atoms with Crippen molar-refractivity contribution in [1.29, 1.82) is 0 Å². The van der Waals surface area contributed by atoms with Crippen molar-refractivity contribution in [2.75, 3.05) is 31.2 Å². The lowest BCUT2D eigenvalue weighted by molar-refractivity contribution is -0.117. The normalized spacial score (nSPS) is 23.5. The van der Waals surface area contributed by atoms with Crippen LogP contribution in [-0.4, -0.2) is 51.0 Å². The summed E-state index contributed by atoms with van der Waals surface area (Å²) in [6.07, 6.45) is 1.41. The number of benzene rings is 1. The van der Waals surface area contributed by atoms with Crippen LogP contribution in [0, 0.1) is 6.92 Å². The molecule has 6 nitrogen and oxygen atoms in total. The van der Waals surface area contributed by atoms with Gasteiger partial charge in [0.05, 0.1) is 18.1 Å². The van der Waals surface area contributed by atoms with E-state index >= 15 is 0 Å². The molecule has 0 aliphatic carbocycles. The Balaban J connectivity index is 1.92. The van der Waals surface area contributed by atoms with Crippen LogP contribution in [0.5, 0.6) is 0 Å². The number of sulfonamides is 1. The summed E-state index contributed by atoms with van der Waals surface area (Å²) in [5.74, 6) is 0.0989. The molecule has 2 fully saturated rings. The summed E-state index contributed by atoms with van der Waals surface area (Å²) in [6.45, 7) is 5.53. The zero-order chi connectivity index (χ0) is 16.6. The number of hydrogen-bond donors (Lipinski definition) is 0. The van der Waals surface area contributed by atoms with Crippen LogP contribution >= 0.6 is 0 Å². The van der Waals surface area contributed by atoms with Crippen LogP contribution in [0.2, 0.25) is 0 Å². The average molecular weight is 338 g/mol. The molecule has 0 unspecified atom stereocenters. The molecule has 2 aliphatic rings. The molecule has 23 heavy (non-hydrogen) atoms. The monoisotopic (exact) mass is 338 g/mol. The second-order valence-corrected chi connectivity index (χ2v) is 8.00. The molecule has 0 aromatic heterocycles. The number of hydrogen-bond acceptors (Lipinski definition) is 4. The topological polar surface area (TPSA) is 66.9 Å². The second-order valence-electron chi connectivity index (χ2n) is 6.14.